The van der Waals surface area contributed by atoms with Crippen LogP contribution in [0.2, 0.25) is 0 Å². The third-order valence-corrected chi connectivity index (χ3v) is 7.61. The molecule has 1 aliphatic heterocycles. The summed E-state index contributed by atoms with van der Waals surface area (Å²) in [6.07, 6.45) is 3.83. The number of thiazole rings is 1. The SMILES string of the molecule is CC(=O)c1sc(N2CCOC[C@@H]2Cc2c[nH]c3ccc(S(C)(=O)=O)cc23)nc1C. The van der Waals surface area contributed by atoms with Gasteiger partial charge in [0.15, 0.2) is 20.8 Å². The van der Waals surface area contributed by atoms with Gasteiger partial charge in [-0.3, -0.25) is 4.79 Å². The van der Waals surface area contributed by atoms with Crippen molar-refractivity contribution in [2.75, 3.05) is 30.9 Å². The molecule has 29 heavy (non-hydrogen) atoms. The Bertz CT molecular complexity index is 1180. The van der Waals surface area contributed by atoms with Crippen molar-refractivity contribution in [3.8, 4) is 0 Å². The van der Waals surface area contributed by atoms with Gasteiger partial charge in [-0.1, -0.05) is 11.3 Å². The standard InChI is InChI=1S/C20H23N3O4S2/c1-12-19(13(2)24)28-20(22-12)23-6-7-27-11-15(23)8-14-10-21-18-5-4-16(9-17(14)18)29(3,25)26/h4-5,9-10,15,21H,6-8,11H2,1-3H3/t15-/m0/s1. The van der Waals surface area contributed by atoms with Crippen LogP contribution in [-0.4, -0.2) is 56.2 Å². The van der Waals surface area contributed by atoms with E-state index in [2.05, 4.69) is 14.9 Å². The number of benzene rings is 1. The lowest BCUT2D eigenvalue weighted by Crippen LogP contribution is -2.46. The number of nitrogens with zero attached hydrogens (tertiary/aromatic N) is 2. The van der Waals surface area contributed by atoms with E-state index < -0.39 is 9.84 Å². The highest BCUT2D eigenvalue weighted by Crippen LogP contribution is 2.31. The van der Waals surface area contributed by atoms with E-state index in [1.165, 1.54) is 17.6 Å². The summed E-state index contributed by atoms with van der Waals surface area (Å²) in [5, 5.41) is 1.73. The summed E-state index contributed by atoms with van der Waals surface area (Å²) in [6, 6.07) is 5.20. The van der Waals surface area contributed by atoms with Gasteiger partial charge in [-0.25, -0.2) is 13.4 Å². The number of ketones is 1. The van der Waals surface area contributed by atoms with Gasteiger partial charge in [-0.05, 0) is 37.1 Å². The fourth-order valence-electron chi connectivity index (χ4n) is 3.72. The largest absolute Gasteiger partial charge is 0.377 e. The zero-order chi connectivity index (χ0) is 20.8. The van der Waals surface area contributed by atoms with Crippen LogP contribution in [0.25, 0.3) is 10.9 Å². The van der Waals surface area contributed by atoms with Gasteiger partial charge < -0.3 is 14.6 Å². The number of carbonyl (C=O) groups excluding carboxylic acids is 1. The van der Waals surface area contributed by atoms with E-state index in [0.29, 0.717) is 36.0 Å². The van der Waals surface area contributed by atoms with Gasteiger partial charge in [-0.2, -0.15) is 0 Å². The number of aromatic nitrogens is 2. The highest BCUT2D eigenvalue weighted by Gasteiger charge is 2.28. The lowest BCUT2D eigenvalue weighted by Gasteiger charge is -2.35. The van der Waals surface area contributed by atoms with Crippen LogP contribution in [-0.2, 0) is 21.0 Å². The number of hydrogen-bond donors (Lipinski definition) is 1. The van der Waals surface area contributed by atoms with E-state index in [1.807, 2.05) is 13.1 Å². The first-order valence-corrected chi connectivity index (χ1v) is 12.1. The number of fused-ring (bicyclic) bond motifs is 1. The maximum atomic E-state index is 12.0. The molecule has 3 aromatic rings. The van der Waals surface area contributed by atoms with Gasteiger partial charge in [0.05, 0.1) is 34.7 Å². The number of carbonyl (C=O) groups is 1. The highest BCUT2D eigenvalue weighted by molar-refractivity contribution is 7.90. The minimum absolute atomic E-state index is 0.0287. The van der Waals surface area contributed by atoms with Gasteiger partial charge >= 0.3 is 0 Å². The van der Waals surface area contributed by atoms with Gasteiger partial charge in [0, 0.05) is 36.8 Å². The summed E-state index contributed by atoms with van der Waals surface area (Å²) in [5.74, 6) is 0.0287. The molecule has 1 aliphatic rings. The van der Waals surface area contributed by atoms with Crippen LogP contribution in [0.15, 0.2) is 29.3 Å². The first-order chi connectivity index (χ1) is 13.7. The zero-order valence-electron chi connectivity index (χ0n) is 16.6. The van der Waals surface area contributed by atoms with Gasteiger partial charge in [0.25, 0.3) is 0 Å². The van der Waals surface area contributed by atoms with E-state index in [-0.39, 0.29) is 11.8 Å². The van der Waals surface area contributed by atoms with Gasteiger partial charge in [0.1, 0.15) is 0 Å². The van der Waals surface area contributed by atoms with Crippen molar-refractivity contribution in [3.05, 3.63) is 40.5 Å². The molecule has 0 radical (unpaired) electrons. The first kappa shape index (κ1) is 20.1. The molecule has 4 rings (SSSR count). The predicted octanol–water partition coefficient (Wildman–Crippen LogP) is 2.99. The van der Waals surface area contributed by atoms with Crippen molar-refractivity contribution >= 4 is 43.0 Å². The third-order valence-electron chi connectivity index (χ3n) is 5.20. The Hall–Kier alpha value is -2.23. The van der Waals surface area contributed by atoms with E-state index in [1.54, 1.807) is 25.1 Å². The Morgan fingerprint density at radius 1 is 1.41 bits per heavy atom. The van der Waals surface area contributed by atoms with Crippen molar-refractivity contribution in [3.63, 3.8) is 0 Å². The van der Waals surface area contributed by atoms with E-state index in [4.69, 9.17) is 4.74 Å². The number of anilines is 1. The smallest absolute Gasteiger partial charge is 0.186 e. The van der Waals surface area contributed by atoms with Crippen LogP contribution in [0.1, 0.15) is 27.9 Å². The molecule has 154 valence electrons. The average Bonchev–Trinajstić information content (AvgIpc) is 3.25. The van der Waals surface area contributed by atoms with Crippen LogP contribution < -0.4 is 4.90 Å². The fraction of sp³-hybridized carbons (Fsp3) is 0.400. The van der Waals surface area contributed by atoms with E-state index in [0.717, 1.165) is 27.3 Å². The van der Waals surface area contributed by atoms with Crippen molar-refractivity contribution < 1.29 is 17.9 Å². The molecule has 1 fully saturated rings. The molecule has 0 saturated carbocycles. The number of ether oxygens (including phenoxy) is 1. The molecular weight excluding hydrogens is 410 g/mol. The molecule has 0 aliphatic carbocycles. The second kappa shape index (κ2) is 7.55. The normalized spacial score (nSPS) is 17.8. The third kappa shape index (κ3) is 3.94. The maximum Gasteiger partial charge on any atom is 0.186 e. The maximum absolute atomic E-state index is 12.0. The molecule has 1 atom stereocenters. The Morgan fingerprint density at radius 3 is 2.90 bits per heavy atom. The molecule has 1 N–H and O–H groups in total. The summed E-state index contributed by atoms with van der Waals surface area (Å²) in [7, 11) is -3.28. The Labute approximate surface area is 173 Å². The monoisotopic (exact) mass is 433 g/mol. The number of morpholine rings is 1. The second-order valence-corrected chi connectivity index (χ2v) is 10.4. The number of aromatic amines is 1. The minimum Gasteiger partial charge on any atom is -0.377 e. The molecule has 9 heteroatoms. The Morgan fingerprint density at radius 2 is 2.21 bits per heavy atom. The zero-order valence-corrected chi connectivity index (χ0v) is 18.2. The molecular formula is C20H23N3O4S2. The molecule has 1 aromatic carbocycles. The molecule has 7 nitrogen and oxygen atoms in total. The molecule has 0 amide bonds. The number of nitrogens with one attached hydrogen (secondary N) is 1. The summed E-state index contributed by atoms with van der Waals surface area (Å²) in [5.41, 5.74) is 2.69. The molecule has 0 bridgehead atoms. The number of H-pyrrole nitrogens is 1. The second-order valence-electron chi connectivity index (χ2n) is 7.39. The summed E-state index contributed by atoms with van der Waals surface area (Å²) in [6.45, 7) is 5.28. The molecule has 1 saturated heterocycles. The molecule has 0 spiro atoms. The topological polar surface area (TPSA) is 92.4 Å². The molecule has 2 aromatic heterocycles. The summed E-state index contributed by atoms with van der Waals surface area (Å²) in [4.78, 5) is 22.9. The van der Waals surface area contributed by atoms with Crippen molar-refractivity contribution in [2.24, 2.45) is 0 Å². The highest BCUT2D eigenvalue weighted by atomic mass is 32.2. The van der Waals surface area contributed by atoms with Crippen molar-refractivity contribution in [2.45, 2.75) is 31.2 Å². The summed E-state index contributed by atoms with van der Waals surface area (Å²) >= 11 is 1.42. The molecule has 3 heterocycles. The molecule has 0 unspecified atom stereocenters. The van der Waals surface area contributed by atoms with Gasteiger partial charge in [0.2, 0.25) is 0 Å². The predicted molar refractivity (Wildman–Crippen MR) is 114 cm³/mol. The van der Waals surface area contributed by atoms with Crippen LogP contribution in [0.3, 0.4) is 0 Å². The minimum atomic E-state index is -3.28. The summed E-state index contributed by atoms with van der Waals surface area (Å²) < 4.78 is 29.6. The quantitative estimate of drug-likeness (QED) is 0.622. The van der Waals surface area contributed by atoms with Crippen molar-refractivity contribution in [1.29, 1.82) is 0 Å². The van der Waals surface area contributed by atoms with Gasteiger partial charge in [-0.15, -0.1) is 0 Å². The van der Waals surface area contributed by atoms with Crippen LogP contribution in [0.4, 0.5) is 5.13 Å². The number of aryl methyl sites for hydroxylation is 1. The van der Waals surface area contributed by atoms with Crippen molar-refractivity contribution in [1.82, 2.24) is 9.97 Å². The number of sulfone groups is 1. The number of Topliss-reactive ketones (excluding diaryl/α,β-unsaturated/α-hetero) is 1. The van der Waals surface area contributed by atoms with E-state index in [9.17, 15) is 13.2 Å². The number of hydrogen-bond acceptors (Lipinski definition) is 7. The average molecular weight is 434 g/mol. The van der Waals surface area contributed by atoms with E-state index >= 15 is 0 Å². The fourth-order valence-corrected chi connectivity index (χ4v) is 5.43. The Balaban J connectivity index is 1.67. The van der Waals surface area contributed by atoms with Crippen LogP contribution in [0, 0.1) is 6.92 Å². The first-order valence-electron chi connectivity index (χ1n) is 9.37. The lowest BCUT2D eigenvalue weighted by molar-refractivity contribution is 0.0941. The number of rotatable bonds is 5. The van der Waals surface area contributed by atoms with Crippen LogP contribution >= 0.6 is 11.3 Å². The van der Waals surface area contributed by atoms with Crippen LogP contribution in [0.5, 0.6) is 0 Å². The lowest BCUT2D eigenvalue weighted by atomic mass is 10.0. The Kier molecular flexibility index (Phi) is 5.22.